The number of sulfonamides is 1. The monoisotopic (exact) mass is 494 g/mol. The van der Waals surface area contributed by atoms with Gasteiger partial charge in [-0.05, 0) is 53.4 Å². The SMILES string of the molecule is Cc1ccc(S(=O)(=O)N2CCCCC2)cc1C(=O)Nc1cc2c(cc1Br)OCCO2. The molecule has 160 valence electrons. The Morgan fingerprint density at radius 3 is 2.40 bits per heavy atom. The molecule has 0 spiro atoms. The van der Waals surface area contributed by atoms with Gasteiger partial charge in [-0.3, -0.25) is 4.79 Å². The first kappa shape index (κ1) is 21.1. The van der Waals surface area contributed by atoms with Crippen molar-refractivity contribution in [2.24, 2.45) is 0 Å². The van der Waals surface area contributed by atoms with Crippen LogP contribution in [0.5, 0.6) is 11.5 Å². The molecule has 0 aliphatic carbocycles. The van der Waals surface area contributed by atoms with Crippen molar-refractivity contribution in [3.05, 3.63) is 45.9 Å². The molecule has 0 atom stereocenters. The van der Waals surface area contributed by atoms with Crippen molar-refractivity contribution < 1.29 is 22.7 Å². The maximum absolute atomic E-state index is 13.0. The van der Waals surface area contributed by atoms with Crippen molar-refractivity contribution in [1.29, 1.82) is 0 Å². The van der Waals surface area contributed by atoms with Crippen molar-refractivity contribution in [2.45, 2.75) is 31.1 Å². The van der Waals surface area contributed by atoms with E-state index in [0.29, 0.717) is 59.1 Å². The molecule has 0 unspecified atom stereocenters. The number of benzene rings is 2. The third kappa shape index (κ3) is 4.19. The van der Waals surface area contributed by atoms with E-state index >= 15 is 0 Å². The van der Waals surface area contributed by atoms with Gasteiger partial charge in [-0.25, -0.2) is 8.42 Å². The smallest absolute Gasteiger partial charge is 0.256 e. The molecule has 2 aliphatic rings. The molecule has 0 bridgehead atoms. The van der Waals surface area contributed by atoms with E-state index in [-0.39, 0.29) is 10.8 Å². The number of ether oxygens (including phenoxy) is 2. The predicted octanol–water partition coefficient (Wildman–Crippen LogP) is 3.96. The number of anilines is 1. The van der Waals surface area contributed by atoms with E-state index in [4.69, 9.17) is 9.47 Å². The van der Waals surface area contributed by atoms with E-state index in [1.807, 2.05) is 0 Å². The molecule has 7 nitrogen and oxygen atoms in total. The Morgan fingerprint density at radius 2 is 1.70 bits per heavy atom. The van der Waals surface area contributed by atoms with Gasteiger partial charge in [0.1, 0.15) is 13.2 Å². The number of rotatable bonds is 4. The first-order valence-electron chi connectivity index (χ1n) is 9.87. The number of carbonyl (C=O) groups excluding carboxylic acids is 1. The van der Waals surface area contributed by atoms with Crippen LogP contribution in [-0.4, -0.2) is 44.9 Å². The highest BCUT2D eigenvalue weighted by Crippen LogP contribution is 2.38. The van der Waals surface area contributed by atoms with Gasteiger partial charge < -0.3 is 14.8 Å². The fourth-order valence-corrected chi connectivity index (χ4v) is 5.58. The van der Waals surface area contributed by atoms with Crippen LogP contribution in [0.4, 0.5) is 5.69 Å². The molecule has 0 saturated carbocycles. The third-order valence-electron chi connectivity index (χ3n) is 5.29. The molecule has 4 rings (SSSR count). The second-order valence-corrected chi connectivity index (χ2v) is 10.2. The fraction of sp³-hybridized carbons (Fsp3) is 0.381. The Balaban J connectivity index is 1.61. The number of halogens is 1. The van der Waals surface area contributed by atoms with Crippen LogP contribution in [0, 0.1) is 6.92 Å². The largest absolute Gasteiger partial charge is 0.486 e. The highest BCUT2D eigenvalue weighted by atomic mass is 79.9. The molecular formula is C21H23BrN2O5S. The van der Waals surface area contributed by atoms with Gasteiger partial charge in [-0.15, -0.1) is 0 Å². The summed E-state index contributed by atoms with van der Waals surface area (Å²) in [6.45, 7) is 3.73. The van der Waals surface area contributed by atoms with Crippen LogP contribution in [0.25, 0.3) is 0 Å². The molecule has 1 amide bonds. The van der Waals surface area contributed by atoms with Crippen molar-refractivity contribution in [2.75, 3.05) is 31.6 Å². The molecule has 0 radical (unpaired) electrons. The number of aryl methyl sites for hydroxylation is 1. The van der Waals surface area contributed by atoms with Crippen LogP contribution >= 0.6 is 15.9 Å². The van der Waals surface area contributed by atoms with Gasteiger partial charge in [0.25, 0.3) is 5.91 Å². The standard InChI is InChI=1S/C21H23BrN2O5S/c1-14-5-6-15(30(26,27)24-7-3-2-4-8-24)11-16(14)21(25)23-18-13-20-19(12-17(18)22)28-9-10-29-20/h5-6,11-13H,2-4,7-10H2,1H3,(H,23,25). The summed E-state index contributed by atoms with van der Waals surface area (Å²) in [6.07, 6.45) is 2.76. The van der Waals surface area contributed by atoms with Crippen LogP contribution < -0.4 is 14.8 Å². The third-order valence-corrected chi connectivity index (χ3v) is 7.84. The quantitative estimate of drug-likeness (QED) is 0.695. The Hall–Kier alpha value is -2.10. The van der Waals surface area contributed by atoms with E-state index in [2.05, 4.69) is 21.2 Å². The van der Waals surface area contributed by atoms with Gasteiger partial charge in [-0.1, -0.05) is 12.5 Å². The van der Waals surface area contributed by atoms with Gasteiger partial charge in [0.2, 0.25) is 10.0 Å². The van der Waals surface area contributed by atoms with E-state index in [1.165, 1.54) is 10.4 Å². The van der Waals surface area contributed by atoms with E-state index in [9.17, 15) is 13.2 Å². The second-order valence-electron chi connectivity index (χ2n) is 7.37. The summed E-state index contributed by atoms with van der Waals surface area (Å²) in [6, 6.07) is 8.13. The topological polar surface area (TPSA) is 84.9 Å². The highest BCUT2D eigenvalue weighted by molar-refractivity contribution is 9.10. The fourth-order valence-electron chi connectivity index (χ4n) is 3.61. The van der Waals surface area contributed by atoms with Gasteiger partial charge in [-0.2, -0.15) is 4.31 Å². The Morgan fingerprint density at radius 1 is 1.03 bits per heavy atom. The van der Waals surface area contributed by atoms with E-state index in [1.54, 1.807) is 31.2 Å². The van der Waals surface area contributed by atoms with Gasteiger partial charge in [0.05, 0.1) is 10.6 Å². The first-order valence-corrected chi connectivity index (χ1v) is 12.1. The lowest BCUT2D eigenvalue weighted by atomic mass is 10.1. The van der Waals surface area contributed by atoms with Crippen LogP contribution in [0.15, 0.2) is 39.7 Å². The van der Waals surface area contributed by atoms with Gasteiger partial charge in [0, 0.05) is 35.3 Å². The van der Waals surface area contributed by atoms with Crippen molar-refractivity contribution in [3.8, 4) is 11.5 Å². The Bertz CT molecular complexity index is 1080. The average Bonchev–Trinajstić information content (AvgIpc) is 2.75. The summed E-state index contributed by atoms with van der Waals surface area (Å²) >= 11 is 3.44. The molecule has 0 aromatic heterocycles. The Labute approximate surface area is 184 Å². The molecule has 1 saturated heterocycles. The minimum atomic E-state index is -3.62. The number of amides is 1. The summed E-state index contributed by atoms with van der Waals surface area (Å²) in [7, 11) is -3.62. The number of carbonyl (C=O) groups is 1. The normalized spacial score (nSPS) is 16.9. The second kappa shape index (κ2) is 8.56. The van der Waals surface area contributed by atoms with Crippen molar-refractivity contribution >= 4 is 37.5 Å². The molecule has 2 aromatic carbocycles. The molecule has 2 heterocycles. The zero-order chi connectivity index (χ0) is 21.3. The van der Waals surface area contributed by atoms with Crippen LogP contribution in [-0.2, 0) is 10.0 Å². The number of hydrogen-bond donors (Lipinski definition) is 1. The summed E-state index contributed by atoms with van der Waals surface area (Å²) in [5.41, 5.74) is 1.53. The Kier molecular flexibility index (Phi) is 6.04. The van der Waals surface area contributed by atoms with Crippen molar-refractivity contribution in [3.63, 3.8) is 0 Å². The summed E-state index contributed by atoms with van der Waals surface area (Å²) in [5, 5.41) is 2.85. The summed E-state index contributed by atoms with van der Waals surface area (Å²) in [5.74, 6) is 0.774. The van der Waals surface area contributed by atoms with Crippen LogP contribution in [0.1, 0.15) is 35.2 Å². The molecule has 1 N–H and O–H groups in total. The lowest BCUT2D eigenvalue weighted by Gasteiger charge is -2.26. The number of piperidine rings is 1. The highest BCUT2D eigenvalue weighted by Gasteiger charge is 2.27. The average molecular weight is 495 g/mol. The number of hydrogen-bond acceptors (Lipinski definition) is 5. The molecule has 9 heteroatoms. The number of nitrogens with one attached hydrogen (secondary N) is 1. The maximum Gasteiger partial charge on any atom is 0.256 e. The van der Waals surface area contributed by atoms with E-state index in [0.717, 1.165) is 19.3 Å². The molecule has 2 aliphatic heterocycles. The minimum Gasteiger partial charge on any atom is -0.486 e. The maximum atomic E-state index is 13.0. The summed E-state index contributed by atoms with van der Waals surface area (Å²) in [4.78, 5) is 13.1. The number of nitrogens with zero attached hydrogens (tertiary/aromatic N) is 1. The van der Waals surface area contributed by atoms with E-state index < -0.39 is 10.0 Å². The van der Waals surface area contributed by atoms with Crippen LogP contribution in [0.3, 0.4) is 0 Å². The lowest BCUT2D eigenvalue weighted by molar-refractivity contribution is 0.102. The molecule has 1 fully saturated rings. The molecular weight excluding hydrogens is 472 g/mol. The van der Waals surface area contributed by atoms with Crippen molar-refractivity contribution in [1.82, 2.24) is 4.31 Å². The van der Waals surface area contributed by atoms with Gasteiger partial charge >= 0.3 is 0 Å². The lowest BCUT2D eigenvalue weighted by Crippen LogP contribution is -2.35. The zero-order valence-electron chi connectivity index (χ0n) is 16.6. The first-order chi connectivity index (χ1) is 14.4. The minimum absolute atomic E-state index is 0.140. The predicted molar refractivity (Wildman–Crippen MR) is 117 cm³/mol. The molecule has 2 aromatic rings. The van der Waals surface area contributed by atoms with Crippen LogP contribution in [0.2, 0.25) is 0 Å². The van der Waals surface area contributed by atoms with Gasteiger partial charge in [0.15, 0.2) is 11.5 Å². The molecule has 30 heavy (non-hydrogen) atoms. The summed E-state index contributed by atoms with van der Waals surface area (Å²) < 4.78 is 39.3. The number of fused-ring (bicyclic) bond motifs is 1. The zero-order valence-corrected chi connectivity index (χ0v) is 19.0.